The number of aromatic nitrogens is 1. The molecule has 1 aromatic heterocycles. The molecule has 6 heterocycles. The topological polar surface area (TPSA) is 177 Å². The first-order valence-electron chi connectivity index (χ1n) is 21.8. The lowest BCUT2D eigenvalue weighted by molar-refractivity contribution is -0.212. The minimum atomic E-state index is -2.30. The Bertz CT molecular complexity index is 2400. The van der Waals surface area contributed by atoms with Crippen LogP contribution >= 0.6 is 0 Å². The molecule has 14 nitrogen and oxygen atoms in total. The average molecular weight is 871 g/mol. The highest BCUT2D eigenvalue weighted by Gasteiger charge is 2.77. The van der Waals surface area contributed by atoms with Gasteiger partial charge < -0.3 is 43.6 Å². The van der Waals surface area contributed by atoms with Gasteiger partial charge in [0.2, 0.25) is 5.60 Å². The number of esters is 3. The van der Waals surface area contributed by atoms with Gasteiger partial charge in [0, 0.05) is 97.5 Å². The summed E-state index contributed by atoms with van der Waals surface area (Å²) in [5, 5.41) is 23.8. The zero-order valence-corrected chi connectivity index (χ0v) is 37.4. The van der Waals surface area contributed by atoms with Gasteiger partial charge in [0.1, 0.15) is 16.9 Å². The molecular weight excluding hydrogens is 813 g/mol. The summed E-state index contributed by atoms with van der Waals surface area (Å²) in [5.74, 6) is -2.02. The Labute approximate surface area is 365 Å². The smallest absolute Gasteiger partial charge is 0.344 e. The number of likely N-dealkylation sites (N-methyl/N-ethyl adjacent to an activating group) is 1. The molecule has 1 spiro atoms. The summed E-state index contributed by atoms with van der Waals surface area (Å²) in [4.78, 5) is 53.7. The van der Waals surface area contributed by atoms with Crippen molar-refractivity contribution in [2.24, 2.45) is 11.8 Å². The molecule has 332 valence electrons. The Kier molecular flexibility index (Phi) is 10.9. The fourth-order valence-corrected chi connectivity index (χ4v) is 13.8. The van der Waals surface area contributed by atoms with Crippen molar-refractivity contribution >= 4 is 45.7 Å². The highest BCUT2D eigenvalue weighted by atomic mass is 32.2. The molecule has 15 heteroatoms. The van der Waals surface area contributed by atoms with Gasteiger partial charge in [-0.1, -0.05) is 37.1 Å². The third kappa shape index (κ3) is 5.91. The van der Waals surface area contributed by atoms with E-state index in [1.54, 1.807) is 13.2 Å². The zero-order valence-electron chi connectivity index (χ0n) is 36.6. The van der Waals surface area contributed by atoms with Crippen molar-refractivity contribution in [3.05, 3.63) is 76.0 Å². The van der Waals surface area contributed by atoms with Crippen LogP contribution in [0.3, 0.4) is 0 Å². The number of nitrogens with zero attached hydrogens (tertiary/aromatic N) is 3. The van der Waals surface area contributed by atoms with Crippen LogP contribution in [0.2, 0.25) is 0 Å². The van der Waals surface area contributed by atoms with Crippen LogP contribution in [-0.2, 0) is 57.1 Å². The van der Waals surface area contributed by atoms with Crippen molar-refractivity contribution in [3.63, 3.8) is 0 Å². The Balaban J connectivity index is 1.35. The number of anilines is 1. The monoisotopic (exact) mass is 870 g/mol. The lowest BCUT2D eigenvalue weighted by Crippen LogP contribution is -2.78. The van der Waals surface area contributed by atoms with Gasteiger partial charge in [-0.15, -0.1) is 0 Å². The van der Waals surface area contributed by atoms with Crippen molar-refractivity contribution < 1.29 is 48.1 Å². The number of fused-ring (bicyclic) bond motifs is 6. The lowest BCUT2D eigenvalue weighted by atomic mass is 9.52. The Morgan fingerprint density at radius 1 is 1.03 bits per heavy atom. The summed E-state index contributed by atoms with van der Waals surface area (Å²) in [6.07, 6.45) is 5.59. The summed E-state index contributed by atoms with van der Waals surface area (Å²) >= 11 is -1.44. The number of H-pyrrole nitrogens is 1. The highest BCUT2D eigenvalue weighted by molar-refractivity contribution is 7.91. The van der Waals surface area contributed by atoms with Crippen LogP contribution in [0.5, 0.6) is 5.75 Å². The molecule has 0 amide bonds. The van der Waals surface area contributed by atoms with E-state index < -0.39 is 63.6 Å². The number of carbonyl (C=O) groups excluding carboxylic acids is 3. The van der Waals surface area contributed by atoms with Crippen molar-refractivity contribution in [2.45, 2.75) is 92.5 Å². The maximum atomic E-state index is 15.3. The Morgan fingerprint density at radius 3 is 2.48 bits per heavy atom. The Morgan fingerprint density at radius 2 is 1.81 bits per heavy atom. The second kappa shape index (κ2) is 15.7. The summed E-state index contributed by atoms with van der Waals surface area (Å²) < 4.78 is 37.2. The molecule has 10 atom stereocenters. The molecule has 2 bridgehead atoms. The molecule has 3 aromatic rings. The number of rotatable bonds is 10. The Hall–Kier alpha value is -4.38. The van der Waals surface area contributed by atoms with E-state index in [4.69, 9.17) is 18.9 Å². The normalized spacial score (nSPS) is 32.6. The summed E-state index contributed by atoms with van der Waals surface area (Å²) in [6, 6.07) is 8.41. The molecule has 3 unspecified atom stereocenters. The highest BCUT2D eigenvalue weighted by Crippen LogP contribution is 2.65. The van der Waals surface area contributed by atoms with E-state index in [2.05, 4.69) is 39.9 Å². The van der Waals surface area contributed by atoms with E-state index in [9.17, 15) is 24.4 Å². The predicted octanol–water partition coefficient (Wildman–Crippen LogP) is 3.85. The van der Waals surface area contributed by atoms with E-state index in [-0.39, 0.29) is 24.3 Å². The van der Waals surface area contributed by atoms with Crippen LogP contribution in [0.4, 0.5) is 5.69 Å². The van der Waals surface area contributed by atoms with Crippen molar-refractivity contribution in [3.8, 4) is 5.75 Å². The first-order chi connectivity index (χ1) is 29.8. The minimum Gasteiger partial charge on any atom is -0.611 e. The molecule has 62 heavy (non-hydrogen) atoms. The van der Waals surface area contributed by atoms with Gasteiger partial charge in [-0.25, -0.2) is 4.79 Å². The molecule has 1 saturated heterocycles. The summed E-state index contributed by atoms with van der Waals surface area (Å²) in [6.45, 7) is 8.57. The molecule has 0 radical (unpaired) electrons. The van der Waals surface area contributed by atoms with Gasteiger partial charge in [0.25, 0.3) is 0 Å². The molecule has 9 rings (SSSR count). The number of ether oxygens (including phenoxy) is 4. The second-order valence-electron chi connectivity index (χ2n) is 18.0. The number of aliphatic hydroxyl groups excluding tert-OH is 1. The largest absolute Gasteiger partial charge is 0.611 e. The van der Waals surface area contributed by atoms with Gasteiger partial charge in [0.05, 0.1) is 34.0 Å². The molecule has 3 N–H and O–H groups in total. The number of carbonyl (C=O) groups is 3. The van der Waals surface area contributed by atoms with E-state index >= 15 is 4.79 Å². The number of hydrogen-bond acceptors (Lipinski definition) is 13. The van der Waals surface area contributed by atoms with E-state index in [1.165, 1.54) is 26.7 Å². The van der Waals surface area contributed by atoms with Gasteiger partial charge in [-0.05, 0) is 78.6 Å². The maximum Gasteiger partial charge on any atom is 0.344 e. The van der Waals surface area contributed by atoms with Crippen LogP contribution in [0.15, 0.2) is 58.5 Å². The first kappa shape index (κ1) is 42.9. The van der Waals surface area contributed by atoms with Gasteiger partial charge in [0.15, 0.2) is 11.0 Å². The van der Waals surface area contributed by atoms with E-state index in [0.29, 0.717) is 67.3 Å². The molecule has 5 aliphatic heterocycles. The predicted molar refractivity (Wildman–Crippen MR) is 232 cm³/mol. The first-order valence-corrected chi connectivity index (χ1v) is 23.1. The number of aliphatic hydroxyl groups is 2. The van der Waals surface area contributed by atoms with Crippen LogP contribution in [-0.4, -0.2) is 138 Å². The van der Waals surface area contributed by atoms with Crippen LogP contribution < -0.4 is 9.64 Å². The zero-order chi connectivity index (χ0) is 44.0. The maximum absolute atomic E-state index is 15.3. The number of hydrogen-bond donors (Lipinski definition) is 3. The fraction of sp³-hybridized carbons (Fsp3) is 0.553. The van der Waals surface area contributed by atoms with E-state index in [1.807, 2.05) is 37.1 Å². The average Bonchev–Trinajstić information content (AvgIpc) is 3.91. The second-order valence-corrected chi connectivity index (χ2v) is 19.6. The number of methoxy groups -OCH3 is 3. The number of nitrogens with one attached hydrogen (secondary N) is 1. The molecule has 6 aliphatic rings. The minimum absolute atomic E-state index is 0.0536. The summed E-state index contributed by atoms with van der Waals surface area (Å²) in [5.41, 5.74) is 2.11. The van der Waals surface area contributed by atoms with Gasteiger partial charge >= 0.3 is 17.9 Å². The van der Waals surface area contributed by atoms with Crippen LogP contribution in [0.1, 0.15) is 68.8 Å². The third-order valence-corrected chi connectivity index (χ3v) is 16.5. The molecule has 1 aliphatic carbocycles. The molecule has 2 fully saturated rings. The molecule has 2 aromatic carbocycles. The van der Waals surface area contributed by atoms with Crippen molar-refractivity contribution in [1.29, 1.82) is 0 Å². The SMILES string of the molecule is CCC1=C[C@H]2CN(C1)Cc1c([nH]c3ccc([S+]([O-])CCO)cc13)[C@@](C(=O)OC)(c1cc3c(cc1OC)N(C)[C@H]1[C@@](O)(C(=O)OC)[C@H](OC(C)=O)C4C(CC)=CCN5CC[C@]31[C@H]45)C2. The van der Waals surface area contributed by atoms with Crippen LogP contribution in [0, 0.1) is 11.8 Å². The van der Waals surface area contributed by atoms with E-state index in [0.717, 1.165) is 46.3 Å². The van der Waals surface area contributed by atoms with Crippen molar-refractivity contribution in [1.82, 2.24) is 14.8 Å². The standard InChI is InChI=1S/C47H58N4O10S/c1-8-27-18-28-22-46(43(54)59-6,39-32(25-50(23-27)24-28)31-19-30(62(57)17-16-52)10-11-35(31)48-39)34-20-33-36(21-37(34)58-5)49(4)42-45(33)13-15-51-14-12-29(9-2)38(40(45)51)41(61-26(3)53)47(42,56)44(55)60-7/h10-12,18-21,28,38,40-42,48,52,56H,8-9,13-17,22-25H2,1-7H3/t28-,38?,40+,41-,42-,45-,46+,47-,62?/m1/s1. The lowest BCUT2D eigenvalue weighted by Gasteiger charge is -2.59. The number of aromatic amines is 1. The molecule has 1 saturated carbocycles. The summed E-state index contributed by atoms with van der Waals surface area (Å²) in [7, 11) is 6.10. The van der Waals surface area contributed by atoms with Gasteiger partial charge in [-0.2, -0.15) is 0 Å². The van der Waals surface area contributed by atoms with Crippen LogP contribution in [0.25, 0.3) is 10.9 Å². The third-order valence-electron chi connectivity index (χ3n) is 15.2. The molecular formula is C47H58N4O10S. The van der Waals surface area contributed by atoms with Gasteiger partial charge in [-0.3, -0.25) is 19.4 Å². The fourth-order valence-electron chi connectivity index (χ4n) is 12.9. The van der Waals surface area contributed by atoms with Crippen molar-refractivity contribution in [2.75, 3.05) is 71.8 Å². The number of benzene rings is 2. The quantitative estimate of drug-likeness (QED) is 0.116.